The van der Waals surface area contributed by atoms with Gasteiger partial charge in [0.1, 0.15) is 5.75 Å². The van der Waals surface area contributed by atoms with Crippen LogP contribution in [-0.2, 0) is 4.79 Å². The van der Waals surface area contributed by atoms with Crippen molar-refractivity contribution in [1.82, 2.24) is 10.2 Å². The van der Waals surface area contributed by atoms with Gasteiger partial charge in [0.05, 0.1) is 29.7 Å². The van der Waals surface area contributed by atoms with Crippen LogP contribution in [-0.4, -0.2) is 40.5 Å². The van der Waals surface area contributed by atoms with Crippen LogP contribution in [0.4, 0.5) is 5.69 Å². The van der Waals surface area contributed by atoms with Crippen molar-refractivity contribution in [3.8, 4) is 17.2 Å². The van der Waals surface area contributed by atoms with Gasteiger partial charge in [-0.2, -0.15) is 0 Å². The number of fused-ring (bicyclic) bond motifs is 2. The number of hydrogen-bond acceptors (Lipinski definition) is 8. The Morgan fingerprint density at radius 1 is 0.882 bits per heavy atom. The third-order valence-corrected chi connectivity index (χ3v) is 6.12. The minimum absolute atomic E-state index is 0.0318. The number of ketones is 2. The largest absolute Gasteiger partial charge is 0.496 e. The van der Waals surface area contributed by atoms with E-state index in [9.17, 15) is 14.4 Å². The second-order valence-corrected chi connectivity index (χ2v) is 8.27. The van der Waals surface area contributed by atoms with Gasteiger partial charge in [-0.1, -0.05) is 60.3 Å². The Balaban J connectivity index is 1.31. The normalized spacial score (nSPS) is 12.1. The van der Waals surface area contributed by atoms with Crippen LogP contribution in [0.2, 0.25) is 0 Å². The number of nitrogens with one attached hydrogen (secondary N) is 1. The third kappa shape index (κ3) is 3.86. The fraction of sp³-hybridized carbons (Fsp3) is 0.0800. The molecule has 8 nitrogen and oxygen atoms in total. The lowest BCUT2D eigenvalue weighted by molar-refractivity contribution is -0.113. The maximum Gasteiger partial charge on any atom is 0.277 e. The molecule has 0 atom stereocenters. The quantitative estimate of drug-likeness (QED) is 0.366. The van der Waals surface area contributed by atoms with E-state index in [-0.39, 0.29) is 51.2 Å². The van der Waals surface area contributed by atoms with Crippen LogP contribution in [0.1, 0.15) is 31.8 Å². The van der Waals surface area contributed by atoms with E-state index < -0.39 is 0 Å². The van der Waals surface area contributed by atoms with Crippen molar-refractivity contribution in [1.29, 1.82) is 0 Å². The highest BCUT2D eigenvalue weighted by Gasteiger charge is 2.31. The molecule has 1 aromatic heterocycles. The molecular weight excluding hydrogens is 454 g/mol. The summed E-state index contributed by atoms with van der Waals surface area (Å²) in [5.41, 5.74) is 2.09. The molecule has 1 amide bonds. The number of carbonyl (C=O) groups excluding carboxylic acids is 3. The van der Waals surface area contributed by atoms with Gasteiger partial charge in [-0.05, 0) is 18.2 Å². The molecule has 0 fully saturated rings. The van der Waals surface area contributed by atoms with E-state index in [2.05, 4.69) is 15.5 Å². The number of benzene rings is 3. The molecule has 0 unspecified atom stereocenters. The summed E-state index contributed by atoms with van der Waals surface area (Å²) in [6.45, 7) is 0. The van der Waals surface area contributed by atoms with E-state index in [0.29, 0.717) is 22.4 Å². The maximum atomic E-state index is 13.1. The first-order chi connectivity index (χ1) is 16.6. The molecule has 1 aliphatic rings. The predicted molar refractivity (Wildman–Crippen MR) is 125 cm³/mol. The number of methoxy groups -OCH3 is 1. The number of aromatic nitrogens is 2. The van der Waals surface area contributed by atoms with Gasteiger partial charge in [0.15, 0.2) is 11.6 Å². The summed E-state index contributed by atoms with van der Waals surface area (Å²) in [7, 11) is 1.55. The van der Waals surface area contributed by atoms with Gasteiger partial charge in [-0.15, -0.1) is 10.2 Å². The van der Waals surface area contributed by atoms with Gasteiger partial charge in [-0.3, -0.25) is 14.4 Å². The van der Waals surface area contributed by atoms with Crippen LogP contribution in [0.25, 0.3) is 11.5 Å². The Hall–Kier alpha value is -4.24. The summed E-state index contributed by atoms with van der Waals surface area (Å²) in [5, 5.41) is 10.9. The molecule has 0 bridgehead atoms. The van der Waals surface area contributed by atoms with Crippen molar-refractivity contribution < 1.29 is 23.5 Å². The zero-order valence-electron chi connectivity index (χ0n) is 17.9. The Morgan fingerprint density at radius 3 is 2.32 bits per heavy atom. The lowest BCUT2D eigenvalue weighted by Gasteiger charge is -2.20. The lowest BCUT2D eigenvalue weighted by atomic mass is 9.83. The van der Waals surface area contributed by atoms with Gasteiger partial charge in [0.25, 0.3) is 11.1 Å². The van der Waals surface area contributed by atoms with Gasteiger partial charge < -0.3 is 14.5 Å². The van der Waals surface area contributed by atoms with E-state index in [0.717, 1.165) is 11.8 Å². The molecule has 34 heavy (non-hydrogen) atoms. The Morgan fingerprint density at radius 2 is 1.56 bits per heavy atom. The topological polar surface area (TPSA) is 111 Å². The Kier molecular flexibility index (Phi) is 5.69. The van der Waals surface area contributed by atoms with Gasteiger partial charge >= 0.3 is 0 Å². The molecule has 0 spiro atoms. The fourth-order valence-electron chi connectivity index (χ4n) is 3.76. The first-order valence-corrected chi connectivity index (χ1v) is 11.3. The molecule has 0 saturated heterocycles. The van der Waals surface area contributed by atoms with Gasteiger partial charge in [-0.25, -0.2) is 0 Å². The van der Waals surface area contributed by atoms with E-state index in [1.54, 1.807) is 61.7 Å². The summed E-state index contributed by atoms with van der Waals surface area (Å²) < 4.78 is 11.0. The molecule has 1 N–H and O–H groups in total. The summed E-state index contributed by atoms with van der Waals surface area (Å²) in [6, 6.07) is 18.7. The number of amides is 1. The van der Waals surface area contributed by atoms with Crippen LogP contribution < -0.4 is 10.1 Å². The van der Waals surface area contributed by atoms with Crippen LogP contribution in [0.15, 0.2) is 76.4 Å². The third-order valence-electron chi connectivity index (χ3n) is 5.30. The summed E-state index contributed by atoms with van der Waals surface area (Å²) in [5.74, 6) is -0.0851. The number of rotatable bonds is 6. The smallest absolute Gasteiger partial charge is 0.277 e. The predicted octanol–water partition coefficient (Wildman–Crippen LogP) is 4.25. The number of nitrogens with zero attached hydrogens (tertiary/aromatic N) is 2. The molecule has 1 aliphatic carbocycles. The molecule has 1 heterocycles. The minimum Gasteiger partial charge on any atom is -0.496 e. The van der Waals surface area contributed by atoms with Crippen molar-refractivity contribution in [3.05, 3.63) is 89.0 Å². The number of carbonyl (C=O) groups is 3. The van der Waals surface area contributed by atoms with Crippen LogP contribution in [0.3, 0.4) is 0 Å². The molecule has 0 radical (unpaired) electrons. The number of para-hydroxylation sites is 1. The SMILES string of the molecule is COc1ccccc1-c1nnc(SCC(=O)Nc2cccc3c2C(=O)c2ccccc2C3=O)o1. The van der Waals surface area contributed by atoms with Crippen LogP contribution in [0, 0.1) is 0 Å². The van der Waals surface area contributed by atoms with E-state index >= 15 is 0 Å². The van der Waals surface area contributed by atoms with Gasteiger partial charge in [0.2, 0.25) is 5.91 Å². The molecule has 3 aromatic carbocycles. The molecule has 0 saturated carbocycles. The first-order valence-electron chi connectivity index (χ1n) is 10.3. The highest BCUT2D eigenvalue weighted by Crippen LogP contribution is 2.33. The van der Waals surface area contributed by atoms with Crippen LogP contribution >= 0.6 is 11.8 Å². The average molecular weight is 471 g/mol. The number of anilines is 1. The molecule has 4 aromatic rings. The summed E-state index contributed by atoms with van der Waals surface area (Å²) >= 11 is 1.06. The first kappa shape index (κ1) is 21.6. The monoisotopic (exact) mass is 471 g/mol. The molecular formula is C25H17N3O5S. The Labute approximate surface area is 198 Å². The zero-order chi connectivity index (χ0) is 23.7. The fourth-order valence-corrected chi connectivity index (χ4v) is 4.32. The minimum atomic E-state index is -0.380. The second kappa shape index (κ2) is 8.95. The van der Waals surface area contributed by atoms with Crippen molar-refractivity contribution in [2.75, 3.05) is 18.2 Å². The average Bonchev–Trinajstić information content (AvgIpc) is 3.35. The van der Waals surface area contributed by atoms with Crippen molar-refractivity contribution in [2.45, 2.75) is 5.22 Å². The zero-order valence-corrected chi connectivity index (χ0v) is 18.7. The summed E-state index contributed by atoms with van der Waals surface area (Å²) in [6.07, 6.45) is 0. The number of ether oxygens (including phenoxy) is 1. The second-order valence-electron chi connectivity index (χ2n) is 7.34. The van der Waals surface area contributed by atoms with Crippen LogP contribution in [0.5, 0.6) is 5.75 Å². The Bertz CT molecular complexity index is 1450. The molecule has 0 aliphatic heterocycles. The summed E-state index contributed by atoms with van der Waals surface area (Å²) in [4.78, 5) is 38.6. The van der Waals surface area contributed by atoms with Crippen molar-refractivity contribution in [3.63, 3.8) is 0 Å². The lowest BCUT2D eigenvalue weighted by Crippen LogP contribution is -2.24. The standard InChI is InChI=1S/C25H17N3O5S/c1-32-19-12-5-4-9-16(19)24-27-28-25(33-24)34-13-20(29)26-18-11-6-10-17-21(18)23(31)15-8-3-2-7-14(15)22(17)30/h2-12H,13H2,1H3,(H,26,29). The maximum absolute atomic E-state index is 13.1. The van der Waals surface area contributed by atoms with Crippen molar-refractivity contribution >= 4 is 34.9 Å². The van der Waals surface area contributed by atoms with E-state index in [1.165, 1.54) is 0 Å². The molecule has 9 heteroatoms. The highest BCUT2D eigenvalue weighted by atomic mass is 32.2. The number of thioether (sulfide) groups is 1. The molecule has 168 valence electrons. The van der Waals surface area contributed by atoms with Gasteiger partial charge in [0, 0.05) is 16.7 Å². The van der Waals surface area contributed by atoms with E-state index in [1.807, 2.05) is 12.1 Å². The van der Waals surface area contributed by atoms with Crippen molar-refractivity contribution in [2.24, 2.45) is 0 Å². The number of hydrogen-bond donors (Lipinski definition) is 1. The molecule has 5 rings (SSSR count). The van der Waals surface area contributed by atoms with E-state index in [4.69, 9.17) is 9.15 Å². The highest BCUT2D eigenvalue weighted by molar-refractivity contribution is 7.99.